The third-order valence-corrected chi connectivity index (χ3v) is 5.16. The molecule has 0 radical (unpaired) electrons. The molecule has 1 aromatic carbocycles. The zero-order valence-corrected chi connectivity index (χ0v) is 16.1. The maximum Gasteiger partial charge on any atom is 0.274 e. The molecule has 134 valence electrons. The lowest BCUT2D eigenvalue weighted by atomic mass is 10.1. The highest BCUT2D eigenvalue weighted by atomic mass is 79.9. The third-order valence-electron chi connectivity index (χ3n) is 4.63. The zero-order chi connectivity index (χ0) is 16.5. The van der Waals surface area contributed by atoms with E-state index in [0.29, 0.717) is 11.6 Å². The molecule has 0 spiro atoms. The molecule has 2 aromatic rings. The number of benzene rings is 1. The average Bonchev–Trinajstić information content (AvgIpc) is 3.34. The van der Waals surface area contributed by atoms with Gasteiger partial charge in [0.05, 0.1) is 11.4 Å². The number of carbonyl (C=O) groups is 1. The van der Waals surface area contributed by atoms with E-state index in [4.69, 9.17) is 0 Å². The van der Waals surface area contributed by atoms with Crippen LogP contribution < -0.4 is 10.6 Å². The molecular formula is C17H21BrClN5O. The summed E-state index contributed by atoms with van der Waals surface area (Å²) in [5.74, 6) is 0.296. The Morgan fingerprint density at radius 2 is 1.84 bits per heavy atom. The van der Waals surface area contributed by atoms with Gasteiger partial charge in [-0.15, -0.1) is 17.5 Å². The average molecular weight is 427 g/mol. The monoisotopic (exact) mass is 425 g/mol. The topological polar surface area (TPSA) is 71.8 Å². The first kappa shape index (κ1) is 18.4. The molecule has 2 fully saturated rings. The maximum atomic E-state index is 12.7. The first-order valence-electron chi connectivity index (χ1n) is 8.45. The SMILES string of the molecule is Cl.O=C(NC1CCNCC1)c1nnn(-c2ccc(Br)cc2)c1C1CC1. The van der Waals surface area contributed by atoms with Crippen LogP contribution in [0.5, 0.6) is 0 Å². The van der Waals surface area contributed by atoms with Gasteiger partial charge < -0.3 is 10.6 Å². The van der Waals surface area contributed by atoms with Crippen LogP contribution in [0.4, 0.5) is 0 Å². The lowest BCUT2D eigenvalue weighted by Crippen LogP contribution is -2.43. The number of carbonyl (C=O) groups excluding carboxylic acids is 1. The molecule has 1 amide bonds. The van der Waals surface area contributed by atoms with Gasteiger partial charge in [0, 0.05) is 16.4 Å². The molecule has 2 heterocycles. The number of piperidine rings is 1. The van der Waals surface area contributed by atoms with Gasteiger partial charge in [-0.1, -0.05) is 21.1 Å². The molecule has 1 saturated carbocycles. The molecule has 0 bridgehead atoms. The molecule has 4 rings (SSSR count). The summed E-state index contributed by atoms with van der Waals surface area (Å²) in [7, 11) is 0. The third kappa shape index (κ3) is 4.04. The summed E-state index contributed by atoms with van der Waals surface area (Å²) in [6.45, 7) is 1.90. The van der Waals surface area contributed by atoms with Crippen molar-refractivity contribution in [3.8, 4) is 5.69 Å². The molecule has 25 heavy (non-hydrogen) atoms. The Morgan fingerprint density at radius 1 is 1.16 bits per heavy atom. The maximum absolute atomic E-state index is 12.7. The number of hydrogen-bond acceptors (Lipinski definition) is 4. The van der Waals surface area contributed by atoms with Crippen molar-refractivity contribution < 1.29 is 4.79 Å². The van der Waals surface area contributed by atoms with Crippen LogP contribution in [-0.2, 0) is 0 Å². The van der Waals surface area contributed by atoms with E-state index < -0.39 is 0 Å². The minimum Gasteiger partial charge on any atom is -0.348 e. The molecule has 1 aliphatic carbocycles. The Labute approximate surface area is 161 Å². The number of aromatic nitrogens is 3. The Balaban J connectivity index is 0.00000182. The van der Waals surface area contributed by atoms with Crippen molar-refractivity contribution in [2.45, 2.75) is 37.6 Å². The second-order valence-corrected chi connectivity index (χ2v) is 7.40. The second-order valence-electron chi connectivity index (χ2n) is 6.48. The van der Waals surface area contributed by atoms with Crippen LogP contribution in [0.15, 0.2) is 28.7 Å². The van der Waals surface area contributed by atoms with Crippen molar-refractivity contribution >= 4 is 34.2 Å². The first-order valence-corrected chi connectivity index (χ1v) is 9.25. The molecule has 2 aliphatic rings. The summed E-state index contributed by atoms with van der Waals surface area (Å²) in [5, 5.41) is 14.9. The highest BCUT2D eigenvalue weighted by molar-refractivity contribution is 9.10. The number of nitrogens with zero attached hydrogens (tertiary/aromatic N) is 3. The Bertz CT molecular complexity index is 738. The molecule has 1 aliphatic heterocycles. The van der Waals surface area contributed by atoms with Gasteiger partial charge >= 0.3 is 0 Å². The molecule has 8 heteroatoms. The summed E-state index contributed by atoms with van der Waals surface area (Å²) in [4.78, 5) is 12.7. The number of amides is 1. The summed E-state index contributed by atoms with van der Waals surface area (Å²) in [6, 6.07) is 8.15. The molecule has 1 saturated heterocycles. The van der Waals surface area contributed by atoms with Crippen LogP contribution >= 0.6 is 28.3 Å². The highest BCUT2D eigenvalue weighted by Crippen LogP contribution is 2.42. The van der Waals surface area contributed by atoms with Crippen molar-refractivity contribution in [2.24, 2.45) is 0 Å². The number of halogens is 2. The van der Waals surface area contributed by atoms with Gasteiger partial charge in [-0.25, -0.2) is 4.68 Å². The van der Waals surface area contributed by atoms with Crippen LogP contribution in [0, 0.1) is 0 Å². The molecular weight excluding hydrogens is 406 g/mol. The van der Waals surface area contributed by atoms with E-state index >= 15 is 0 Å². The van der Waals surface area contributed by atoms with Crippen molar-refractivity contribution in [2.75, 3.05) is 13.1 Å². The van der Waals surface area contributed by atoms with E-state index in [0.717, 1.165) is 54.6 Å². The van der Waals surface area contributed by atoms with Gasteiger partial charge in [0.2, 0.25) is 0 Å². The standard InChI is InChI=1S/C17H20BrN5O.ClH/c18-12-3-5-14(6-4-12)23-16(11-1-2-11)15(21-22-23)17(24)20-13-7-9-19-10-8-13;/h3-6,11,13,19H,1-2,7-10H2,(H,20,24);1H. The molecule has 2 N–H and O–H groups in total. The first-order chi connectivity index (χ1) is 11.7. The Kier molecular flexibility index (Phi) is 5.76. The molecule has 0 unspecified atom stereocenters. The summed E-state index contributed by atoms with van der Waals surface area (Å²) < 4.78 is 2.84. The normalized spacial score (nSPS) is 17.8. The van der Waals surface area contributed by atoms with Crippen LogP contribution in [0.1, 0.15) is 47.8 Å². The van der Waals surface area contributed by atoms with Gasteiger partial charge in [-0.05, 0) is 63.0 Å². The lowest BCUT2D eigenvalue weighted by Gasteiger charge is -2.23. The van der Waals surface area contributed by atoms with Gasteiger partial charge in [0.1, 0.15) is 0 Å². The number of nitrogens with one attached hydrogen (secondary N) is 2. The van der Waals surface area contributed by atoms with Crippen LogP contribution in [0.25, 0.3) is 5.69 Å². The van der Waals surface area contributed by atoms with Gasteiger partial charge in [-0.2, -0.15) is 0 Å². The fourth-order valence-corrected chi connectivity index (χ4v) is 3.43. The smallest absolute Gasteiger partial charge is 0.274 e. The van der Waals surface area contributed by atoms with Crippen molar-refractivity contribution in [3.05, 3.63) is 40.1 Å². The van der Waals surface area contributed by atoms with Crippen LogP contribution in [0.3, 0.4) is 0 Å². The molecule has 1 aromatic heterocycles. The quantitative estimate of drug-likeness (QED) is 0.788. The van der Waals surface area contributed by atoms with E-state index in [1.807, 2.05) is 28.9 Å². The summed E-state index contributed by atoms with van der Waals surface area (Å²) in [6.07, 6.45) is 4.12. The van der Waals surface area contributed by atoms with E-state index in [-0.39, 0.29) is 24.4 Å². The lowest BCUT2D eigenvalue weighted by molar-refractivity contribution is 0.0923. The summed E-state index contributed by atoms with van der Waals surface area (Å²) >= 11 is 3.45. The predicted molar refractivity (Wildman–Crippen MR) is 102 cm³/mol. The highest BCUT2D eigenvalue weighted by Gasteiger charge is 2.34. The zero-order valence-electron chi connectivity index (χ0n) is 13.7. The van der Waals surface area contributed by atoms with E-state index in [1.165, 1.54) is 0 Å². The van der Waals surface area contributed by atoms with Crippen molar-refractivity contribution in [1.82, 2.24) is 25.6 Å². The second kappa shape index (κ2) is 7.85. The Morgan fingerprint density at radius 3 is 2.48 bits per heavy atom. The van der Waals surface area contributed by atoms with E-state index in [1.54, 1.807) is 0 Å². The molecule has 0 atom stereocenters. The van der Waals surface area contributed by atoms with Crippen LogP contribution in [-0.4, -0.2) is 40.0 Å². The minimum atomic E-state index is -0.0906. The minimum absolute atomic E-state index is 0. The molecule has 6 nitrogen and oxygen atoms in total. The Hall–Kier alpha value is -1.44. The van der Waals surface area contributed by atoms with Crippen molar-refractivity contribution in [3.63, 3.8) is 0 Å². The predicted octanol–water partition coefficient (Wildman–Crippen LogP) is 2.81. The van der Waals surface area contributed by atoms with Crippen LogP contribution in [0.2, 0.25) is 0 Å². The summed E-state index contributed by atoms with van der Waals surface area (Å²) in [5.41, 5.74) is 2.37. The number of rotatable bonds is 4. The fraction of sp³-hybridized carbons (Fsp3) is 0.471. The fourth-order valence-electron chi connectivity index (χ4n) is 3.17. The largest absolute Gasteiger partial charge is 0.348 e. The van der Waals surface area contributed by atoms with Gasteiger partial charge in [0.25, 0.3) is 5.91 Å². The van der Waals surface area contributed by atoms with Crippen molar-refractivity contribution in [1.29, 1.82) is 0 Å². The van der Waals surface area contributed by atoms with E-state index in [9.17, 15) is 4.79 Å². The van der Waals surface area contributed by atoms with Gasteiger partial charge in [0.15, 0.2) is 5.69 Å². The van der Waals surface area contributed by atoms with Gasteiger partial charge in [-0.3, -0.25) is 4.79 Å². The number of hydrogen-bond donors (Lipinski definition) is 2. The van der Waals surface area contributed by atoms with E-state index in [2.05, 4.69) is 36.9 Å².